The van der Waals surface area contributed by atoms with Gasteiger partial charge in [0, 0.05) is 30.6 Å². The molecular weight excluding hydrogens is 258 g/mol. The molecule has 21 heavy (non-hydrogen) atoms. The summed E-state index contributed by atoms with van der Waals surface area (Å²) in [5, 5.41) is 8.31. The lowest BCUT2D eigenvalue weighted by Gasteiger charge is -2.10. The lowest BCUT2D eigenvalue weighted by molar-refractivity contribution is 0.638. The minimum atomic E-state index is 0.580. The van der Waals surface area contributed by atoms with Crippen molar-refractivity contribution in [2.24, 2.45) is 0 Å². The zero-order valence-electron chi connectivity index (χ0n) is 13.3. The van der Waals surface area contributed by atoms with Gasteiger partial charge in [0.2, 0.25) is 0 Å². The van der Waals surface area contributed by atoms with Gasteiger partial charge in [0.1, 0.15) is 0 Å². The van der Waals surface area contributed by atoms with Gasteiger partial charge in [-0.1, -0.05) is 38.1 Å². The van der Waals surface area contributed by atoms with Gasteiger partial charge in [-0.05, 0) is 31.4 Å². The number of benzene rings is 1. The van der Waals surface area contributed by atoms with Crippen LogP contribution in [0, 0.1) is 0 Å². The van der Waals surface area contributed by atoms with E-state index >= 15 is 0 Å². The molecule has 3 heteroatoms. The Hall–Kier alpha value is -1.61. The van der Waals surface area contributed by atoms with Gasteiger partial charge in [-0.2, -0.15) is 5.10 Å². The number of aromatic nitrogens is 2. The SMILES string of the molecule is CCn1nc2c(c1-c1ccc(C(C)C)cc1)CCNCC2. The predicted octanol–water partition coefficient (Wildman–Crippen LogP) is 3.38. The summed E-state index contributed by atoms with van der Waals surface area (Å²) in [5.41, 5.74) is 6.75. The van der Waals surface area contributed by atoms with Gasteiger partial charge in [0.25, 0.3) is 0 Å². The Morgan fingerprint density at radius 1 is 1.14 bits per heavy atom. The number of hydrogen-bond donors (Lipinski definition) is 1. The van der Waals surface area contributed by atoms with Gasteiger partial charge in [-0.15, -0.1) is 0 Å². The molecule has 0 amide bonds. The van der Waals surface area contributed by atoms with Crippen molar-refractivity contribution in [3.8, 4) is 11.3 Å². The lowest BCUT2D eigenvalue weighted by atomic mass is 9.98. The largest absolute Gasteiger partial charge is 0.316 e. The second-order valence-corrected chi connectivity index (χ2v) is 6.12. The Morgan fingerprint density at radius 2 is 1.86 bits per heavy atom. The van der Waals surface area contributed by atoms with E-state index in [0.29, 0.717) is 5.92 Å². The van der Waals surface area contributed by atoms with Crippen LogP contribution in [0.3, 0.4) is 0 Å². The van der Waals surface area contributed by atoms with E-state index in [1.165, 1.54) is 28.1 Å². The quantitative estimate of drug-likeness (QED) is 0.936. The first-order chi connectivity index (χ1) is 10.2. The minimum absolute atomic E-state index is 0.580. The van der Waals surface area contributed by atoms with E-state index in [9.17, 15) is 0 Å². The van der Waals surface area contributed by atoms with Crippen molar-refractivity contribution >= 4 is 0 Å². The molecule has 3 rings (SSSR count). The number of nitrogens with zero attached hydrogens (tertiary/aromatic N) is 2. The Morgan fingerprint density at radius 3 is 2.52 bits per heavy atom. The molecule has 0 bridgehead atoms. The van der Waals surface area contributed by atoms with Crippen LogP contribution < -0.4 is 5.32 Å². The predicted molar refractivity (Wildman–Crippen MR) is 87.7 cm³/mol. The summed E-state index contributed by atoms with van der Waals surface area (Å²) in [4.78, 5) is 0. The summed E-state index contributed by atoms with van der Waals surface area (Å²) >= 11 is 0. The van der Waals surface area contributed by atoms with Crippen LogP contribution in [0.25, 0.3) is 11.3 Å². The van der Waals surface area contributed by atoms with Gasteiger partial charge in [0.15, 0.2) is 0 Å². The first-order valence-corrected chi connectivity index (χ1v) is 8.10. The van der Waals surface area contributed by atoms with E-state index in [1.54, 1.807) is 0 Å². The third kappa shape index (κ3) is 2.75. The zero-order chi connectivity index (χ0) is 14.8. The van der Waals surface area contributed by atoms with Crippen molar-refractivity contribution < 1.29 is 0 Å². The third-order valence-electron chi connectivity index (χ3n) is 4.37. The average Bonchev–Trinajstić information content (AvgIpc) is 2.69. The molecule has 0 radical (unpaired) electrons. The third-order valence-corrected chi connectivity index (χ3v) is 4.37. The molecular formula is C18H25N3. The van der Waals surface area contributed by atoms with Crippen LogP contribution in [0.4, 0.5) is 0 Å². The molecule has 0 unspecified atom stereocenters. The molecule has 1 aliphatic heterocycles. The summed E-state index contributed by atoms with van der Waals surface area (Å²) in [6.45, 7) is 9.68. The molecule has 1 aromatic heterocycles. The highest BCUT2D eigenvalue weighted by atomic mass is 15.3. The Balaban J connectivity index is 2.06. The summed E-state index contributed by atoms with van der Waals surface area (Å²) in [7, 11) is 0. The van der Waals surface area contributed by atoms with Crippen molar-refractivity contribution in [2.45, 2.75) is 46.1 Å². The van der Waals surface area contributed by atoms with E-state index < -0.39 is 0 Å². The van der Waals surface area contributed by atoms with Crippen LogP contribution in [-0.4, -0.2) is 22.9 Å². The summed E-state index contributed by atoms with van der Waals surface area (Å²) in [6, 6.07) is 9.04. The van der Waals surface area contributed by atoms with Crippen molar-refractivity contribution in [3.05, 3.63) is 41.1 Å². The van der Waals surface area contributed by atoms with Crippen molar-refractivity contribution in [1.29, 1.82) is 0 Å². The van der Waals surface area contributed by atoms with Gasteiger partial charge >= 0.3 is 0 Å². The molecule has 3 nitrogen and oxygen atoms in total. The standard InChI is InChI=1S/C18H25N3/c1-4-21-18(15-7-5-14(6-8-15)13(2)3)16-9-11-19-12-10-17(16)20-21/h5-8,13,19H,4,9-12H2,1-3H3. The minimum Gasteiger partial charge on any atom is -0.316 e. The fraction of sp³-hybridized carbons (Fsp3) is 0.500. The fourth-order valence-corrected chi connectivity index (χ4v) is 3.14. The van der Waals surface area contributed by atoms with E-state index in [0.717, 1.165) is 32.5 Å². The first-order valence-electron chi connectivity index (χ1n) is 8.10. The Kier molecular flexibility index (Phi) is 4.11. The van der Waals surface area contributed by atoms with E-state index in [1.807, 2.05) is 0 Å². The van der Waals surface area contributed by atoms with Gasteiger partial charge in [-0.25, -0.2) is 0 Å². The van der Waals surface area contributed by atoms with Gasteiger partial charge in [0.05, 0.1) is 11.4 Å². The molecule has 1 N–H and O–H groups in total. The van der Waals surface area contributed by atoms with E-state index in [4.69, 9.17) is 5.10 Å². The number of rotatable bonds is 3. The second kappa shape index (κ2) is 6.02. The fourth-order valence-electron chi connectivity index (χ4n) is 3.14. The smallest absolute Gasteiger partial charge is 0.0717 e. The monoisotopic (exact) mass is 283 g/mol. The number of hydrogen-bond acceptors (Lipinski definition) is 2. The highest BCUT2D eigenvalue weighted by Gasteiger charge is 2.19. The maximum atomic E-state index is 4.84. The van der Waals surface area contributed by atoms with Crippen LogP contribution in [0.15, 0.2) is 24.3 Å². The van der Waals surface area contributed by atoms with Crippen molar-refractivity contribution in [2.75, 3.05) is 13.1 Å². The molecule has 2 heterocycles. The van der Waals surface area contributed by atoms with Gasteiger partial charge < -0.3 is 5.32 Å². The molecule has 112 valence electrons. The molecule has 0 saturated carbocycles. The summed E-state index contributed by atoms with van der Waals surface area (Å²) in [6.07, 6.45) is 2.12. The normalized spacial score (nSPS) is 15.0. The maximum absolute atomic E-state index is 4.84. The molecule has 1 aliphatic rings. The molecule has 2 aromatic rings. The van der Waals surface area contributed by atoms with Gasteiger partial charge in [-0.3, -0.25) is 4.68 Å². The number of aryl methyl sites for hydroxylation is 1. The number of fused-ring (bicyclic) bond motifs is 1. The summed E-state index contributed by atoms with van der Waals surface area (Å²) < 4.78 is 2.18. The Bertz CT molecular complexity index is 608. The van der Waals surface area contributed by atoms with Crippen LogP contribution in [0.5, 0.6) is 0 Å². The van der Waals surface area contributed by atoms with Crippen molar-refractivity contribution in [1.82, 2.24) is 15.1 Å². The van der Waals surface area contributed by atoms with E-state index in [2.05, 4.69) is 55.0 Å². The van der Waals surface area contributed by atoms with Crippen LogP contribution in [-0.2, 0) is 19.4 Å². The van der Waals surface area contributed by atoms with E-state index in [-0.39, 0.29) is 0 Å². The molecule has 1 aromatic carbocycles. The number of nitrogens with one attached hydrogen (secondary N) is 1. The maximum Gasteiger partial charge on any atom is 0.0717 e. The van der Waals surface area contributed by atoms with Crippen LogP contribution in [0.2, 0.25) is 0 Å². The molecule has 0 fully saturated rings. The summed E-state index contributed by atoms with van der Waals surface area (Å²) in [5.74, 6) is 0.580. The van der Waals surface area contributed by atoms with Crippen LogP contribution >= 0.6 is 0 Å². The lowest BCUT2D eigenvalue weighted by Crippen LogP contribution is -2.17. The molecule has 0 saturated heterocycles. The topological polar surface area (TPSA) is 29.9 Å². The van der Waals surface area contributed by atoms with Crippen LogP contribution in [0.1, 0.15) is 43.5 Å². The second-order valence-electron chi connectivity index (χ2n) is 6.12. The first kappa shape index (κ1) is 14.3. The highest BCUT2D eigenvalue weighted by Crippen LogP contribution is 2.29. The highest BCUT2D eigenvalue weighted by molar-refractivity contribution is 5.65. The average molecular weight is 283 g/mol. The Labute approximate surface area is 127 Å². The molecule has 0 atom stereocenters. The molecule has 0 aliphatic carbocycles. The van der Waals surface area contributed by atoms with Crippen molar-refractivity contribution in [3.63, 3.8) is 0 Å². The molecule has 0 spiro atoms. The zero-order valence-corrected chi connectivity index (χ0v) is 13.3.